The average molecular weight is 377 g/mol. The van der Waals surface area contributed by atoms with Crippen molar-refractivity contribution in [3.05, 3.63) is 29.1 Å². The molecule has 1 saturated heterocycles. The van der Waals surface area contributed by atoms with E-state index in [9.17, 15) is 4.79 Å². The topological polar surface area (TPSA) is 63.3 Å². The molecular weight excluding hydrogens is 346 g/mol. The largest absolute Gasteiger partial charge is 0.492 e. The number of aldehydes is 1. The van der Waals surface area contributed by atoms with Gasteiger partial charge >= 0.3 is 0 Å². The van der Waals surface area contributed by atoms with E-state index < -0.39 is 0 Å². The van der Waals surface area contributed by atoms with E-state index >= 15 is 0 Å². The van der Waals surface area contributed by atoms with Crippen LogP contribution >= 0.6 is 0 Å². The molecular formula is C20H31N3O4. The van der Waals surface area contributed by atoms with Crippen molar-refractivity contribution in [1.29, 1.82) is 0 Å². The molecule has 1 heterocycles. The molecule has 0 aliphatic carbocycles. The van der Waals surface area contributed by atoms with E-state index in [0.717, 1.165) is 51.4 Å². The molecule has 27 heavy (non-hydrogen) atoms. The fourth-order valence-electron chi connectivity index (χ4n) is 3.03. The Labute approximate surface area is 161 Å². The Balaban J connectivity index is 2.11. The number of ether oxygens (including phenoxy) is 3. The van der Waals surface area contributed by atoms with Crippen molar-refractivity contribution in [2.45, 2.75) is 6.42 Å². The summed E-state index contributed by atoms with van der Waals surface area (Å²) >= 11 is 0. The number of methoxy groups -OCH3 is 1. The zero-order chi connectivity index (χ0) is 19.6. The van der Waals surface area contributed by atoms with Gasteiger partial charge in [-0.15, -0.1) is 0 Å². The quantitative estimate of drug-likeness (QED) is 0.492. The first-order valence-electron chi connectivity index (χ1n) is 9.26. The molecule has 0 unspecified atom stereocenters. The number of rotatable bonds is 10. The van der Waals surface area contributed by atoms with Gasteiger partial charge in [0.15, 0.2) is 17.8 Å². The Bertz CT molecular complexity index is 640. The minimum absolute atomic E-state index is 0.558. The zero-order valence-corrected chi connectivity index (χ0v) is 16.8. The normalized spacial score (nSPS) is 15.3. The van der Waals surface area contributed by atoms with Crippen LogP contribution in [0.25, 0.3) is 6.08 Å². The fourth-order valence-corrected chi connectivity index (χ4v) is 3.03. The summed E-state index contributed by atoms with van der Waals surface area (Å²) in [6.07, 6.45) is 3.64. The molecule has 1 aliphatic rings. The van der Waals surface area contributed by atoms with Gasteiger partial charge < -0.3 is 24.4 Å². The predicted octanol–water partition coefficient (Wildman–Crippen LogP) is 1.69. The summed E-state index contributed by atoms with van der Waals surface area (Å²) in [6.45, 7) is 5.13. The summed E-state index contributed by atoms with van der Waals surface area (Å²) in [5, 5.41) is 3.12. The SMILES string of the molecule is CN/C(=C/c1c(C=O)ccc(OCCCN2CCOCC2)c1OC)N(C)C. The number of hydrogen-bond acceptors (Lipinski definition) is 7. The molecule has 0 bridgehead atoms. The first kappa shape index (κ1) is 21.1. The van der Waals surface area contributed by atoms with E-state index in [1.807, 2.05) is 32.1 Å². The smallest absolute Gasteiger partial charge is 0.168 e. The Kier molecular flexibility index (Phi) is 8.42. The van der Waals surface area contributed by atoms with Crippen LogP contribution in [0.15, 0.2) is 18.0 Å². The van der Waals surface area contributed by atoms with Crippen molar-refractivity contribution in [2.75, 3.05) is 67.7 Å². The molecule has 1 aromatic rings. The third-order valence-electron chi connectivity index (χ3n) is 4.52. The first-order valence-corrected chi connectivity index (χ1v) is 9.26. The lowest BCUT2D eigenvalue weighted by Gasteiger charge is -2.26. The third-order valence-corrected chi connectivity index (χ3v) is 4.52. The number of nitrogens with zero attached hydrogens (tertiary/aromatic N) is 2. The van der Waals surface area contributed by atoms with E-state index in [1.165, 1.54) is 0 Å². The van der Waals surface area contributed by atoms with E-state index in [4.69, 9.17) is 14.2 Å². The molecule has 1 N–H and O–H groups in total. The summed E-state index contributed by atoms with van der Waals surface area (Å²) in [5.41, 5.74) is 1.26. The lowest BCUT2D eigenvalue weighted by molar-refractivity contribution is 0.0357. The molecule has 0 radical (unpaired) electrons. The van der Waals surface area contributed by atoms with Crippen LogP contribution in [0.1, 0.15) is 22.3 Å². The summed E-state index contributed by atoms with van der Waals surface area (Å²) < 4.78 is 16.9. The minimum Gasteiger partial charge on any atom is -0.492 e. The van der Waals surface area contributed by atoms with Crippen LogP contribution in [-0.4, -0.2) is 83.8 Å². The van der Waals surface area contributed by atoms with Crippen LogP contribution < -0.4 is 14.8 Å². The zero-order valence-electron chi connectivity index (χ0n) is 16.8. The number of carbonyl (C=O) groups is 1. The lowest BCUT2D eigenvalue weighted by Crippen LogP contribution is -2.37. The molecule has 0 aromatic heterocycles. The van der Waals surface area contributed by atoms with Gasteiger partial charge in [-0.05, 0) is 24.6 Å². The predicted molar refractivity (Wildman–Crippen MR) is 106 cm³/mol. The Morgan fingerprint density at radius 1 is 1.33 bits per heavy atom. The van der Waals surface area contributed by atoms with Crippen LogP contribution in [0.5, 0.6) is 11.5 Å². The van der Waals surface area contributed by atoms with Gasteiger partial charge in [0.1, 0.15) is 5.82 Å². The highest BCUT2D eigenvalue weighted by Gasteiger charge is 2.15. The van der Waals surface area contributed by atoms with Gasteiger partial charge in [-0.1, -0.05) is 0 Å². The van der Waals surface area contributed by atoms with Crippen molar-refractivity contribution >= 4 is 12.4 Å². The number of hydrogen-bond donors (Lipinski definition) is 1. The van der Waals surface area contributed by atoms with Gasteiger partial charge in [-0.25, -0.2) is 0 Å². The van der Waals surface area contributed by atoms with Gasteiger partial charge in [-0.2, -0.15) is 0 Å². The number of carbonyl (C=O) groups excluding carboxylic acids is 1. The second kappa shape index (κ2) is 10.8. The summed E-state index contributed by atoms with van der Waals surface area (Å²) in [5.74, 6) is 2.08. The number of benzene rings is 1. The second-order valence-electron chi connectivity index (χ2n) is 6.55. The Morgan fingerprint density at radius 2 is 2.07 bits per heavy atom. The molecule has 0 amide bonds. The first-order chi connectivity index (χ1) is 13.1. The lowest BCUT2D eigenvalue weighted by atomic mass is 10.1. The van der Waals surface area contributed by atoms with Crippen LogP contribution in [0.2, 0.25) is 0 Å². The molecule has 150 valence electrons. The summed E-state index contributed by atoms with van der Waals surface area (Å²) in [4.78, 5) is 15.8. The van der Waals surface area contributed by atoms with Crippen LogP contribution in [0, 0.1) is 0 Å². The molecule has 2 rings (SSSR count). The van der Waals surface area contributed by atoms with Crippen LogP contribution in [0.3, 0.4) is 0 Å². The van der Waals surface area contributed by atoms with Gasteiger partial charge in [0.2, 0.25) is 0 Å². The summed E-state index contributed by atoms with van der Waals surface area (Å²) in [7, 11) is 7.30. The molecule has 1 aromatic carbocycles. The van der Waals surface area contributed by atoms with Gasteiger partial charge in [0, 0.05) is 51.9 Å². The minimum atomic E-state index is 0.558. The van der Waals surface area contributed by atoms with Gasteiger partial charge in [-0.3, -0.25) is 9.69 Å². The van der Waals surface area contributed by atoms with E-state index in [0.29, 0.717) is 29.2 Å². The highest BCUT2D eigenvalue weighted by Crippen LogP contribution is 2.35. The Morgan fingerprint density at radius 3 is 2.67 bits per heavy atom. The van der Waals surface area contributed by atoms with E-state index in [-0.39, 0.29) is 0 Å². The van der Waals surface area contributed by atoms with Gasteiger partial charge in [0.25, 0.3) is 0 Å². The van der Waals surface area contributed by atoms with E-state index in [1.54, 1.807) is 19.2 Å². The maximum Gasteiger partial charge on any atom is 0.168 e. The number of morpholine rings is 1. The van der Waals surface area contributed by atoms with Crippen LogP contribution in [-0.2, 0) is 4.74 Å². The van der Waals surface area contributed by atoms with E-state index in [2.05, 4.69) is 10.2 Å². The molecule has 7 heteroatoms. The maximum atomic E-state index is 11.5. The molecule has 0 atom stereocenters. The van der Waals surface area contributed by atoms with Gasteiger partial charge in [0.05, 0.1) is 26.9 Å². The highest BCUT2D eigenvalue weighted by molar-refractivity contribution is 5.85. The van der Waals surface area contributed by atoms with Crippen molar-refractivity contribution in [3.63, 3.8) is 0 Å². The fraction of sp³-hybridized carbons (Fsp3) is 0.550. The highest BCUT2D eigenvalue weighted by atomic mass is 16.5. The molecule has 1 aliphatic heterocycles. The second-order valence-corrected chi connectivity index (χ2v) is 6.55. The maximum absolute atomic E-state index is 11.5. The average Bonchev–Trinajstić information content (AvgIpc) is 2.69. The standard InChI is InChI=1S/C20H31N3O4/c1-21-19(22(2)3)14-17-16(15-24)6-7-18(20(17)25-4)27-11-5-8-23-9-12-26-13-10-23/h6-7,14-15,21H,5,8-13H2,1-4H3/b19-14-. The molecule has 1 fully saturated rings. The van der Waals surface area contributed by atoms with Crippen molar-refractivity contribution < 1.29 is 19.0 Å². The van der Waals surface area contributed by atoms with Crippen molar-refractivity contribution in [2.24, 2.45) is 0 Å². The third kappa shape index (κ3) is 5.87. The molecule has 0 saturated carbocycles. The van der Waals surface area contributed by atoms with Crippen LogP contribution in [0.4, 0.5) is 0 Å². The summed E-state index contributed by atoms with van der Waals surface area (Å²) in [6, 6.07) is 3.56. The number of nitrogens with one attached hydrogen (secondary N) is 1. The molecule has 7 nitrogen and oxygen atoms in total. The molecule has 0 spiro atoms. The van der Waals surface area contributed by atoms with Crippen molar-refractivity contribution in [3.8, 4) is 11.5 Å². The Hall–Kier alpha value is -2.25. The monoisotopic (exact) mass is 377 g/mol. The van der Waals surface area contributed by atoms with Crippen molar-refractivity contribution in [1.82, 2.24) is 15.1 Å².